The van der Waals surface area contributed by atoms with Gasteiger partial charge in [0.1, 0.15) is 0 Å². The van der Waals surface area contributed by atoms with Crippen molar-refractivity contribution in [2.75, 3.05) is 41.7 Å². The van der Waals surface area contributed by atoms with Gasteiger partial charge in [0, 0.05) is 51.3 Å². The molecule has 0 spiro atoms. The zero-order valence-corrected chi connectivity index (χ0v) is 16.8. The number of aliphatic carboxylic acids is 1. The van der Waals surface area contributed by atoms with Crippen molar-refractivity contribution in [3.05, 3.63) is 30.4 Å². The van der Waals surface area contributed by atoms with Crippen LogP contribution >= 0.6 is 0 Å². The lowest BCUT2D eigenvalue weighted by molar-refractivity contribution is -0.192. The van der Waals surface area contributed by atoms with E-state index in [1.807, 2.05) is 24.0 Å². The second-order valence-corrected chi connectivity index (χ2v) is 6.87. The number of anilines is 3. The standard InChI is InChI=1S/C16H20N8.C2HF3O2/c1-11-9-18-4-3-12(11)23-5-7-24(8-6-23)15-13-14(20-16(17)21-15)22(2)10-19-13;3-2(4,5)1(6)7/h3-4,9-10H,5-8H2,1-2H3,(H2,17,20,21);(H,6,7). The number of nitrogens with two attached hydrogens (primary N) is 1. The molecule has 0 aromatic carbocycles. The van der Waals surface area contributed by atoms with Gasteiger partial charge in [-0.25, -0.2) is 9.78 Å². The summed E-state index contributed by atoms with van der Waals surface area (Å²) >= 11 is 0. The average molecular weight is 438 g/mol. The summed E-state index contributed by atoms with van der Waals surface area (Å²) in [6.45, 7) is 5.66. The van der Waals surface area contributed by atoms with Gasteiger partial charge in [-0.3, -0.25) is 4.98 Å². The van der Waals surface area contributed by atoms with E-state index in [0.717, 1.165) is 43.2 Å². The Morgan fingerprint density at radius 2 is 1.77 bits per heavy atom. The number of aromatic nitrogens is 5. The second-order valence-electron chi connectivity index (χ2n) is 6.87. The van der Waals surface area contributed by atoms with Crippen LogP contribution in [-0.4, -0.2) is 67.9 Å². The molecule has 4 rings (SSSR count). The highest BCUT2D eigenvalue weighted by molar-refractivity contribution is 5.84. The lowest BCUT2D eigenvalue weighted by Crippen LogP contribution is -2.47. The summed E-state index contributed by atoms with van der Waals surface area (Å²) in [6, 6.07) is 2.07. The fraction of sp³-hybridized carbons (Fsp3) is 0.389. The highest BCUT2D eigenvalue weighted by Gasteiger charge is 2.38. The first-order valence-electron chi connectivity index (χ1n) is 9.23. The number of alkyl halides is 3. The number of carbonyl (C=O) groups is 1. The van der Waals surface area contributed by atoms with E-state index in [9.17, 15) is 13.2 Å². The lowest BCUT2D eigenvalue weighted by Gasteiger charge is -2.37. The number of imidazole rings is 1. The van der Waals surface area contributed by atoms with Crippen LogP contribution < -0.4 is 15.5 Å². The third-order valence-electron chi connectivity index (χ3n) is 4.71. The van der Waals surface area contributed by atoms with E-state index in [2.05, 4.69) is 42.7 Å². The van der Waals surface area contributed by atoms with E-state index in [-0.39, 0.29) is 5.95 Å². The van der Waals surface area contributed by atoms with Crippen LogP contribution in [-0.2, 0) is 11.8 Å². The van der Waals surface area contributed by atoms with Gasteiger partial charge in [0.05, 0.1) is 6.33 Å². The van der Waals surface area contributed by atoms with Crippen molar-refractivity contribution in [2.45, 2.75) is 13.1 Å². The minimum absolute atomic E-state index is 0.286. The summed E-state index contributed by atoms with van der Waals surface area (Å²) < 4.78 is 33.6. The number of rotatable bonds is 2. The number of halogens is 3. The van der Waals surface area contributed by atoms with E-state index in [1.54, 1.807) is 6.33 Å². The van der Waals surface area contributed by atoms with Gasteiger partial charge >= 0.3 is 12.1 Å². The molecule has 0 aliphatic carbocycles. The number of piperazine rings is 1. The third-order valence-corrected chi connectivity index (χ3v) is 4.71. The summed E-state index contributed by atoms with van der Waals surface area (Å²) in [5, 5.41) is 7.12. The maximum atomic E-state index is 10.6. The molecule has 0 radical (unpaired) electrons. The van der Waals surface area contributed by atoms with Crippen LogP contribution in [0, 0.1) is 6.92 Å². The molecule has 3 aromatic rings. The quantitative estimate of drug-likeness (QED) is 0.613. The molecule has 0 bridgehead atoms. The molecular weight excluding hydrogens is 417 g/mol. The van der Waals surface area contributed by atoms with Gasteiger partial charge in [-0.15, -0.1) is 0 Å². The molecule has 1 aliphatic rings. The van der Waals surface area contributed by atoms with Crippen molar-refractivity contribution in [3.63, 3.8) is 0 Å². The highest BCUT2D eigenvalue weighted by Crippen LogP contribution is 2.26. The van der Waals surface area contributed by atoms with E-state index >= 15 is 0 Å². The number of nitrogen functional groups attached to an aromatic ring is 1. The third kappa shape index (κ3) is 4.92. The minimum atomic E-state index is -5.08. The van der Waals surface area contributed by atoms with Crippen LogP contribution in [0.5, 0.6) is 0 Å². The number of hydrogen-bond donors (Lipinski definition) is 2. The Balaban J connectivity index is 0.000000339. The first kappa shape index (κ1) is 22.1. The van der Waals surface area contributed by atoms with E-state index < -0.39 is 12.1 Å². The monoisotopic (exact) mass is 438 g/mol. The van der Waals surface area contributed by atoms with Crippen LogP contribution in [0.15, 0.2) is 24.8 Å². The molecule has 13 heteroatoms. The Kier molecular flexibility index (Phi) is 6.13. The predicted octanol–water partition coefficient (Wildman–Crippen LogP) is 1.61. The SMILES string of the molecule is Cc1cnccc1N1CCN(c2nc(N)nc3c2ncn3C)CC1.O=C(O)C(F)(F)F. The number of fused-ring (bicyclic) bond motifs is 1. The molecule has 3 aromatic heterocycles. The maximum Gasteiger partial charge on any atom is 0.490 e. The second kappa shape index (κ2) is 8.62. The fourth-order valence-corrected chi connectivity index (χ4v) is 3.21. The molecule has 0 amide bonds. The number of pyridine rings is 1. The van der Waals surface area contributed by atoms with Gasteiger partial charge in [0.25, 0.3) is 0 Å². The Bertz CT molecular complexity index is 1080. The number of carboxylic acid groups (broad SMARTS) is 1. The summed E-state index contributed by atoms with van der Waals surface area (Å²) in [7, 11) is 1.91. The van der Waals surface area contributed by atoms with E-state index in [1.165, 1.54) is 11.3 Å². The van der Waals surface area contributed by atoms with Crippen molar-refractivity contribution in [1.29, 1.82) is 0 Å². The summed E-state index contributed by atoms with van der Waals surface area (Å²) in [5.74, 6) is -1.65. The first-order valence-corrected chi connectivity index (χ1v) is 9.23. The van der Waals surface area contributed by atoms with E-state index in [4.69, 9.17) is 15.6 Å². The zero-order valence-electron chi connectivity index (χ0n) is 16.8. The van der Waals surface area contributed by atoms with Crippen molar-refractivity contribution in [3.8, 4) is 0 Å². The Labute approximate surface area is 175 Å². The number of carboxylic acids is 1. The largest absolute Gasteiger partial charge is 0.490 e. The molecule has 1 fully saturated rings. The zero-order chi connectivity index (χ0) is 22.8. The molecule has 31 heavy (non-hydrogen) atoms. The molecule has 1 saturated heterocycles. The average Bonchev–Trinajstić information content (AvgIpc) is 3.08. The molecule has 10 nitrogen and oxygen atoms in total. The minimum Gasteiger partial charge on any atom is -0.475 e. The van der Waals surface area contributed by atoms with Crippen LogP contribution in [0.4, 0.5) is 30.6 Å². The van der Waals surface area contributed by atoms with Crippen LogP contribution in [0.25, 0.3) is 11.2 Å². The van der Waals surface area contributed by atoms with Gasteiger partial charge in [0.2, 0.25) is 5.95 Å². The molecule has 4 heterocycles. The fourth-order valence-electron chi connectivity index (χ4n) is 3.21. The summed E-state index contributed by atoms with van der Waals surface area (Å²) in [6.07, 6.45) is 0.417. The normalized spacial score (nSPS) is 14.4. The smallest absolute Gasteiger partial charge is 0.475 e. The van der Waals surface area contributed by atoms with Gasteiger partial charge in [-0.1, -0.05) is 0 Å². The summed E-state index contributed by atoms with van der Waals surface area (Å²) in [5.41, 5.74) is 9.91. The summed E-state index contributed by atoms with van der Waals surface area (Å²) in [4.78, 5) is 30.9. The van der Waals surface area contributed by atoms with E-state index in [0.29, 0.717) is 0 Å². The topological polar surface area (TPSA) is 126 Å². The molecule has 0 saturated carbocycles. The van der Waals surface area contributed by atoms with Gasteiger partial charge in [0.15, 0.2) is 17.0 Å². The lowest BCUT2D eigenvalue weighted by atomic mass is 10.2. The number of hydrogen-bond acceptors (Lipinski definition) is 8. The van der Waals surface area contributed by atoms with Crippen molar-refractivity contribution in [2.24, 2.45) is 7.05 Å². The van der Waals surface area contributed by atoms with Crippen molar-refractivity contribution < 1.29 is 23.1 Å². The molecule has 1 aliphatic heterocycles. The molecule has 0 atom stereocenters. The van der Waals surface area contributed by atoms with Crippen LogP contribution in [0.3, 0.4) is 0 Å². The van der Waals surface area contributed by atoms with Gasteiger partial charge in [-0.05, 0) is 18.6 Å². The van der Waals surface area contributed by atoms with Crippen LogP contribution in [0.2, 0.25) is 0 Å². The molecule has 0 unspecified atom stereocenters. The Morgan fingerprint density at radius 3 is 2.35 bits per heavy atom. The maximum absolute atomic E-state index is 10.6. The van der Waals surface area contributed by atoms with Crippen LogP contribution in [0.1, 0.15) is 5.56 Å². The van der Waals surface area contributed by atoms with Crippen molar-refractivity contribution >= 4 is 34.6 Å². The molecule has 3 N–H and O–H groups in total. The van der Waals surface area contributed by atoms with Crippen molar-refractivity contribution in [1.82, 2.24) is 24.5 Å². The van der Waals surface area contributed by atoms with Gasteiger partial charge < -0.3 is 25.2 Å². The molecular formula is C18H21F3N8O2. The molecule has 166 valence electrons. The first-order chi connectivity index (χ1) is 14.6. The highest BCUT2D eigenvalue weighted by atomic mass is 19.4. The number of nitrogens with zero attached hydrogens (tertiary/aromatic N) is 7. The van der Waals surface area contributed by atoms with Gasteiger partial charge in [-0.2, -0.15) is 23.1 Å². The Morgan fingerprint density at radius 1 is 1.16 bits per heavy atom. The number of aryl methyl sites for hydroxylation is 2. The predicted molar refractivity (Wildman–Crippen MR) is 108 cm³/mol. The Hall–Kier alpha value is -3.64.